The van der Waals surface area contributed by atoms with Gasteiger partial charge in [0, 0.05) is 22.2 Å². The molecule has 2 aromatic rings. The predicted molar refractivity (Wildman–Crippen MR) is 81.1 cm³/mol. The molecular formula is C15H12ClFN2O3. The topological polar surface area (TPSA) is 70.9 Å². The van der Waals surface area contributed by atoms with Crippen molar-refractivity contribution >= 4 is 23.7 Å². The summed E-state index contributed by atoms with van der Waals surface area (Å²) in [6.07, 6.45) is 1.23. The molecular weight excluding hydrogens is 311 g/mol. The van der Waals surface area contributed by atoms with Crippen molar-refractivity contribution in [3.8, 4) is 11.5 Å². The highest BCUT2D eigenvalue weighted by Gasteiger charge is 2.09. The molecule has 0 heterocycles. The smallest absolute Gasteiger partial charge is 0.271 e. The Morgan fingerprint density at radius 3 is 2.68 bits per heavy atom. The van der Waals surface area contributed by atoms with E-state index in [2.05, 4.69) is 10.5 Å². The number of nitrogens with zero attached hydrogens (tertiary/aromatic N) is 1. The second kappa shape index (κ2) is 6.91. The number of benzene rings is 2. The van der Waals surface area contributed by atoms with Crippen LogP contribution >= 0.6 is 11.6 Å². The Morgan fingerprint density at radius 1 is 1.36 bits per heavy atom. The molecule has 5 nitrogen and oxygen atoms in total. The van der Waals surface area contributed by atoms with Crippen LogP contribution in [0.15, 0.2) is 41.5 Å². The lowest BCUT2D eigenvalue weighted by Gasteiger charge is -2.06. The van der Waals surface area contributed by atoms with Crippen molar-refractivity contribution in [3.63, 3.8) is 0 Å². The number of nitrogens with one attached hydrogen (secondary N) is 1. The number of halogens is 2. The zero-order chi connectivity index (χ0) is 16.1. The van der Waals surface area contributed by atoms with Gasteiger partial charge in [-0.25, -0.2) is 9.82 Å². The zero-order valence-corrected chi connectivity index (χ0v) is 12.3. The monoisotopic (exact) mass is 322 g/mol. The van der Waals surface area contributed by atoms with E-state index in [1.165, 1.54) is 49.7 Å². The molecule has 114 valence electrons. The van der Waals surface area contributed by atoms with Crippen molar-refractivity contribution in [2.24, 2.45) is 5.10 Å². The SMILES string of the molecule is COc1cc(Cl)cc(/C=N\NC(=O)c2ccc(F)cc2)c1O. The van der Waals surface area contributed by atoms with Crippen LogP contribution in [0, 0.1) is 5.82 Å². The molecule has 22 heavy (non-hydrogen) atoms. The van der Waals surface area contributed by atoms with Gasteiger partial charge in [-0.05, 0) is 30.3 Å². The number of aromatic hydroxyl groups is 1. The Balaban J connectivity index is 2.11. The van der Waals surface area contributed by atoms with Crippen molar-refractivity contribution in [1.29, 1.82) is 0 Å². The maximum atomic E-state index is 12.8. The van der Waals surface area contributed by atoms with Gasteiger partial charge in [-0.1, -0.05) is 11.6 Å². The fourth-order valence-electron chi connectivity index (χ4n) is 1.67. The standard InChI is InChI=1S/C15H12ClFN2O3/c1-22-13-7-11(16)6-10(14(13)20)8-18-19-15(21)9-2-4-12(17)5-3-9/h2-8,20H,1H3,(H,19,21)/b18-8-. The number of rotatable bonds is 4. The first-order valence-corrected chi connectivity index (χ1v) is 6.54. The highest BCUT2D eigenvalue weighted by Crippen LogP contribution is 2.32. The first-order chi connectivity index (χ1) is 10.5. The Hall–Kier alpha value is -2.60. The number of carbonyl (C=O) groups excluding carboxylic acids is 1. The number of hydrogen-bond donors (Lipinski definition) is 2. The molecule has 0 aliphatic rings. The second-order valence-electron chi connectivity index (χ2n) is 4.25. The zero-order valence-electron chi connectivity index (χ0n) is 11.5. The van der Waals surface area contributed by atoms with Gasteiger partial charge in [0.25, 0.3) is 5.91 Å². The number of amides is 1. The molecule has 0 fully saturated rings. The van der Waals surface area contributed by atoms with Gasteiger partial charge in [0.2, 0.25) is 0 Å². The summed E-state index contributed by atoms with van der Waals surface area (Å²) in [5.41, 5.74) is 2.80. The molecule has 0 aliphatic heterocycles. The summed E-state index contributed by atoms with van der Waals surface area (Å²) in [5.74, 6) is -0.897. The number of methoxy groups -OCH3 is 1. The summed E-state index contributed by atoms with van der Waals surface area (Å²) >= 11 is 5.88. The second-order valence-corrected chi connectivity index (χ2v) is 4.69. The molecule has 2 aromatic carbocycles. The average Bonchev–Trinajstić information content (AvgIpc) is 2.50. The first-order valence-electron chi connectivity index (χ1n) is 6.16. The quantitative estimate of drug-likeness (QED) is 0.671. The minimum absolute atomic E-state index is 0.147. The van der Waals surface area contributed by atoms with E-state index in [9.17, 15) is 14.3 Å². The molecule has 7 heteroatoms. The summed E-state index contributed by atoms with van der Waals surface area (Å²) in [6.45, 7) is 0. The van der Waals surface area contributed by atoms with Gasteiger partial charge in [-0.2, -0.15) is 5.10 Å². The van der Waals surface area contributed by atoms with E-state index in [1.54, 1.807) is 0 Å². The summed E-state index contributed by atoms with van der Waals surface area (Å²) < 4.78 is 17.7. The lowest BCUT2D eigenvalue weighted by atomic mass is 10.2. The third-order valence-electron chi connectivity index (χ3n) is 2.77. The Labute approximate surface area is 131 Å². The van der Waals surface area contributed by atoms with E-state index in [-0.39, 0.29) is 22.6 Å². The van der Waals surface area contributed by atoms with E-state index in [1.807, 2.05) is 0 Å². The summed E-state index contributed by atoms with van der Waals surface area (Å²) in [5, 5.41) is 14.0. The summed E-state index contributed by atoms with van der Waals surface area (Å²) in [6, 6.07) is 7.93. The molecule has 0 saturated carbocycles. The van der Waals surface area contributed by atoms with Gasteiger partial charge >= 0.3 is 0 Å². The normalized spacial score (nSPS) is 10.7. The van der Waals surface area contributed by atoms with Crippen LogP contribution in [-0.4, -0.2) is 24.3 Å². The fourth-order valence-corrected chi connectivity index (χ4v) is 1.89. The predicted octanol–water partition coefficient (Wildman–Crippen LogP) is 2.96. The van der Waals surface area contributed by atoms with Crippen molar-refractivity contribution < 1.29 is 19.0 Å². The number of hydrazone groups is 1. The van der Waals surface area contributed by atoms with Crippen LogP contribution in [0.2, 0.25) is 5.02 Å². The average molecular weight is 323 g/mol. The van der Waals surface area contributed by atoms with Crippen LogP contribution in [0.5, 0.6) is 11.5 Å². The molecule has 0 aromatic heterocycles. The van der Waals surface area contributed by atoms with Crippen LogP contribution in [-0.2, 0) is 0 Å². The number of carbonyl (C=O) groups is 1. The largest absolute Gasteiger partial charge is 0.504 e. The van der Waals surface area contributed by atoms with E-state index in [4.69, 9.17) is 16.3 Å². The number of hydrogen-bond acceptors (Lipinski definition) is 4. The highest BCUT2D eigenvalue weighted by molar-refractivity contribution is 6.31. The maximum absolute atomic E-state index is 12.8. The highest BCUT2D eigenvalue weighted by atomic mass is 35.5. The molecule has 0 saturated heterocycles. The van der Waals surface area contributed by atoms with Crippen LogP contribution in [0.1, 0.15) is 15.9 Å². The summed E-state index contributed by atoms with van der Waals surface area (Å²) in [7, 11) is 1.39. The van der Waals surface area contributed by atoms with Gasteiger partial charge < -0.3 is 9.84 Å². The first kappa shape index (κ1) is 15.8. The fraction of sp³-hybridized carbons (Fsp3) is 0.0667. The van der Waals surface area contributed by atoms with Crippen molar-refractivity contribution in [3.05, 3.63) is 58.4 Å². The van der Waals surface area contributed by atoms with Gasteiger partial charge in [-0.15, -0.1) is 0 Å². The van der Waals surface area contributed by atoms with Gasteiger partial charge in [0.15, 0.2) is 11.5 Å². The van der Waals surface area contributed by atoms with Crippen molar-refractivity contribution in [1.82, 2.24) is 5.43 Å². The Bertz CT molecular complexity index is 717. The van der Waals surface area contributed by atoms with Crippen LogP contribution in [0.25, 0.3) is 0 Å². The van der Waals surface area contributed by atoms with E-state index in [0.29, 0.717) is 5.02 Å². The minimum Gasteiger partial charge on any atom is -0.504 e. The Morgan fingerprint density at radius 2 is 2.05 bits per heavy atom. The molecule has 1 amide bonds. The molecule has 2 rings (SSSR count). The third kappa shape index (κ3) is 3.73. The lowest BCUT2D eigenvalue weighted by molar-refractivity contribution is 0.0955. The minimum atomic E-state index is -0.510. The van der Waals surface area contributed by atoms with Crippen LogP contribution in [0.4, 0.5) is 4.39 Å². The van der Waals surface area contributed by atoms with E-state index in [0.717, 1.165) is 0 Å². The van der Waals surface area contributed by atoms with E-state index >= 15 is 0 Å². The summed E-state index contributed by atoms with van der Waals surface area (Å²) in [4.78, 5) is 11.8. The molecule has 0 spiro atoms. The van der Waals surface area contributed by atoms with Gasteiger partial charge in [0.05, 0.1) is 13.3 Å². The van der Waals surface area contributed by atoms with E-state index < -0.39 is 11.7 Å². The van der Waals surface area contributed by atoms with Crippen LogP contribution in [0.3, 0.4) is 0 Å². The molecule has 0 radical (unpaired) electrons. The molecule has 0 bridgehead atoms. The number of ether oxygens (including phenoxy) is 1. The Kier molecular flexibility index (Phi) is 4.95. The lowest BCUT2D eigenvalue weighted by Crippen LogP contribution is -2.17. The van der Waals surface area contributed by atoms with Crippen LogP contribution < -0.4 is 10.2 Å². The number of phenolic OH excluding ortho intramolecular Hbond substituents is 1. The molecule has 2 N–H and O–H groups in total. The van der Waals surface area contributed by atoms with Crippen molar-refractivity contribution in [2.45, 2.75) is 0 Å². The third-order valence-corrected chi connectivity index (χ3v) is 2.98. The molecule has 0 atom stereocenters. The van der Waals surface area contributed by atoms with Crippen molar-refractivity contribution in [2.75, 3.05) is 7.11 Å². The van der Waals surface area contributed by atoms with Gasteiger partial charge in [-0.3, -0.25) is 4.79 Å². The van der Waals surface area contributed by atoms with Gasteiger partial charge in [0.1, 0.15) is 5.82 Å². The number of phenols is 1. The molecule has 0 unspecified atom stereocenters. The maximum Gasteiger partial charge on any atom is 0.271 e. The molecule has 0 aliphatic carbocycles.